The maximum absolute atomic E-state index is 12.1. The Morgan fingerprint density at radius 2 is 2.33 bits per heavy atom. The van der Waals surface area contributed by atoms with Crippen LogP contribution in [0.5, 0.6) is 0 Å². The van der Waals surface area contributed by atoms with Gasteiger partial charge in [0.25, 0.3) is 0 Å². The van der Waals surface area contributed by atoms with E-state index in [0.29, 0.717) is 11.6 Å². The van der Waals surface area contributed by atoms with E-state index in [0.717, 1.165) is 29.5 Å². The van der Waals surface area contributed by atoms with Gasteiger partial charge in [0.2, 0.25) is 5.91 Å². The Labute approximate surface area is 121 Å². The number of hydrogen-bond acceptors (Lipinski definition) is 2. The molecule has 0 radical (unpaired) electrons. The van der Waals surface area contributed by atoms with Crippen LogP contribution in [0.15, 0.2) is 22.7 Å². The van der Waals surface area contributed by atoms with Gasteiger partial charge >= 0.3 is 0 Å². The van der Waals surface area contributed by atoms with E-state index >= 15 is 0 Å². The number of halogens is 2. The summed E-state index contributed by atoms with van der Waals surface area (Å²) in [4.78, 5) is 14.0. The molecule has 0 bridgehead atoms. The summed E-state index contributed by atoms with van der Waals surface area (Å²) in [5, 5.41) is 3.90. The van der Waals surface area contributed by atoms with Crippen molar-refractivity contribution in [3.63, 3.8) is 0 Å². The van der Waals surface area contributed by atoms with Crippen LogP contribution in [-0.4, -0.2) is 29.9 Å². The number of benzene rings is 1. The summed E-state index contributed by atoms with van der Waals surface area (Å²) in [7, 11) is 0. The largest absolute Gasteiger partial charge is 0.337 e. The first-order valence-electron chi connectivity index (χ1n) is 6.04. The van der Waals surface area contributed by atoms with E-state index in [-0.39, 0.29) is 11.9 Å². The van der Waals surface area contributed by atoms with E-state index in [4.69, 9.17) is 11.6 Å². The Morgan fingerprint density at radius 3 is 3.06 bits per heavy atom. The summed E-state index contributed by atoms with van der Waals surface area (Å²) in [5.41, 5.74) is 0.988. The van der Waals surface area contributed by atoms with E-state index < -0.39 is 0 Å². The van der Waals surface area contributed by atoms with Crippen LogP contribution >= 0.6 is 27.5 Å². The molecule has 5 heteroatoms. The summed E-state index contributed by atoms with van der Waals surface area (Å²) in [6.45, 7) is 4.15. The third-order valence-electron chi connectivity index (χ3n) is 3.11. The Kier molecular flexibility index (Phi) is 4.65. The van der Waals surface area contributed by atoms with Crippen molar-refractivity contribution in [2.75, 3.05) is 13.1 Å². The van der Waals surface area contributed by atoms with Gasteiger partial charge in [-0.25, -0.2) is 0 Å². The number of nitrogens with zero attached hydrogens (tertiary/aromatic N) is 1. The molecular formula is C13H16BrClN2O. The van der Waals surface area contributed by atoms with Crippen molar-refractivity contribution in [1.29, 1.82) is 0 Å². The van der Waals surface area contributed by atoms with Crippen LogP contribution in [0.2, 0.25) is 5.02 Å². The van der Waals surface area contributed by atoms with Gasteiger partial charge in [-0.15, -0.1) is 0 Å². The van der Waals surface area contributed by atoms with Crippen molar-refractivity contribution in [3.8, 4) is 0 Å². The van der Waals surface area contributed by atoms with Gasteiger partial charge < -0.3 is 10.2 Å². The second-order valence-corrected chi connectivity index (χ2v) is 5.85. The minimum Gasteiger partial charge on any atom is -0.337 e. The molecule has 1 N–H and O–H groups in total. The second-order valence-electron chi connectivity index (χ2n) is 4.52. The monoisotopic (exact) mass is 330 g/mol. The van der Waals surface area contributed by atoms with Crippen molar-refractivity contribution in [3.05, 3.63) is 33.3 Å². The number of carbonyl (C=O) groups excluding carboxylic acids is 1. The molecule has 1 heterocycles. The fourth-order valence-electron chi connectivity index (χ4n) is 2.07. The zero-order valence-corrected chi connectivity index (χ0v) is 12.6. The number of hydrogen-bond donors (Lipinski definition) is 1. The highest BCUT2D eigenvalue weighted by atomic mass is 79.9. The lowest BCUT2D eigenvalue weighted by Gasteiger charge is -2.23. The molecule has 1 amide bonds. The molecule has 1 aliphatic heterocycles. The highest BCUT2D eigenvalue weighted by Crippen LogP contribution is 2.23. The van der Waals surface area contributed by atoms with Crippen LogP contribution in [0.4, 0.5) is 0 Å². The van der Waals surface area contributed by atoms with Gasteiger partial charge in [0, 0.05) is 22.6 Å². The first kappa shape index (κ1) is 13.8. The number of amides is 1. The lowest BCUT2D eigenvalue weighted by Crippen LogP contribution is -2.41. The van der Waals surface area contributed by atoms with E-state index in [9.17, 15) is 4.79 Å². The highest BCUT2D eigenvalue weighted by molar-refractivity contribution is 9.10. The molecule has 98 valence electrons. The van der Waals surface area contributed by atoms with Crippen LogP contribution in [0.1, 0.15) is 18.9 Å². The summed E-state index contributed by atoms with van der Waals surface area (Å²) >= 11 is 9.57. The van der Waals surface area contributed by atoms with Crippen LogP contribution < -0.4 is 5.32 Å². The molecule has 1 fully saturated rings. The van der Waals surface area contributed by atoms with E-state index in [1.54, 1.807) is 0 Å². The summed E-state index contributed by atoms with van der Waals surface area (Å²) in [5.74, 6) is 0.145. The molecule has 2 rings (SSSR count). The normalized spacial score (nSPS) is 20.9. The molecule has 1 aromatic carbocycles. The predicted octanol–water partition coefficient (Wildman–Crippen LogP) is 2.81. The molecule has 0 aromatic heterocycles. The van der Waals surface area contributed by atoms with Gasteiger partial charge in [-0.05, 0) is 37.6 Å². The van der Waals surface area contributed by atoms with Gasteiger partial charge in [-0.1, -0.05) is 33.6 Å². The first-order valence-corrected chi connectivity index (χ1v) is 7.21. The average molecular weight is 332 g/mol. The molecule has 0 aliphatic carbocycles. The third kappa shape index (κ3) is 3.25. The molecule has 1 unspecified atom stereocenters. The first-order chi connectivity index (χ1) is 8.58. The van der Waals surface area contributed by atoms with Gasteiger partial charge in [-0.3, -0.25) is 4.79 Å². The zero-order chi connectivity index (χ0) is 13.1. The number of carbonyl (C=O) groups is 1. The Morgan fingerprint density at radius 1 is 1.56 bits per heavy atom. The molecule has 3 nitrogen and oxygen atoms in total. The zero-order valence-electron chi connectivity index (χ0n) is 10.2. The van der Waals surface area contributed by atoms with E-state index in [1.165, 1.54) is 0 Å². The number of rotatable bonds is 2. The predicted molar refractivity (Wildman–Crippen MR) is 76.7 cm³/mol. The van der Waals surface area contributed by atoms with Crippen molar-refractivity contribution in [2.24, 2.45) is 0 Å². The molecule has 1 atom stereocenters. The van der Waals surface area contributed by atoms with Crippen molar-refractivity contribution >= 4 is 33.4 Å². The fraction of sp³-hybridized carbons (Fsp3) is 0.462. The van der Waals surface area contributed by atoms with Crippen LogP contribution in [0.25, 0.3) is 0 Å². The van der Waals surface area contributed by atoms with Crippen LogP contribution in [0.3, 0.4) is 0 Å². The molecule has 1 aliphatic rings. The Balaban J connectivity index is 2.14. The summed E-state index contributed by atoms with van der Waals surface area (Å²) in [6, 6.07) is 5.66. The number of nitrogens with one attached hydrogen (secondary N) is 1. The Hall–Kier alpha value is -0.580. The standard InChI is InChI=1S/C13H16BrClN2O/c1-9-13(18)17(6-2-5-16-9)8-10-3-4-11(14)7-12(10)15/h3-4,7,9,16H,2,5-6,8H2,1H3. The summed E-state index contributed by atoms with van der Waals surface area (Å²) in [6.07, 6.45) is 0.976. The minimum absolute atomic E-state index is 0.110. The maximum atomic E-state index is 12.1. The lowest BCUT2D eigenvalue weighted by molar-refractivity contribution is -0.132. The lowest BCUT2D eigenvalue weighted by atomic mass is 10.2. The van der Waals surface area contributed by atoms with Crippen LogP contribution in [0, 0.1) is 0 Å². The van der Waals surface area contributed by atoms with Crippen molar-refractivity contribution in [1.82, 2.24) is 10.2 Å². The van der Waals surface area contributed by atoms with E-state index in [1.807, 2.05) is 30.0 Å². The van der Waals surface area contributed by atoms with Gasteiger partial charge in [0.15, 0.2) is 0 Å². The van der Waals surface area contributed by atoms with Crippen LogP contribution in [-0.2, 0) is 11.3 Å². The highest BCUT2D eigenvalue weighted by Gasteiger charge is 2.23. The van der Waals surface area contributed by atoms with Gasteiger partial charge in [-0.2, -0.15) is 0 Å². The third-order valence-corrected chi connectivity index (χ3v) is 3.96. The van der Waals surface area contributed by atoms with Gasteiger partial charge in [0.1, 0.15) is 0 Å². The van der Waals surface area contributed by atoms with E-state index in [2.05, 4.69) is 21.2 Å². The Bertz CT molecular complexity index is 453. The molecular weight excluding hydrogens is 316 g/mol. The fourth-order valence-corrected chi connectivity index (χ4v) is 2.81. The molecule has 0 spiro atoms. The molecule has 0 saturated carbocycles. The maximum Gasteiger partial charge on any atom is 0.239 e. The quantitative estimate of drug-likeness (QED) is 0.904. The second kappa shape index (κ2) is 6.04. The molecule has 1 saturated heterocycles. The summed E-state index contributed by atoms with van der Waals surface area (Å²) < 4.78 is 0.952. The topological polar surface area (TPSA) is 32.3 Å². The van der Waals surface area contributed by atoms with Gasteiger partial charge in [0.05, 0.1) is 6.04 Å². The van der Waals surface area contributed by atoms with Crippen molar-refractivity contribution < 1.29 is 4.79 Å². The SMILES string of the molecule is CC1NCCCN(Cc2ccc(Br)cc2Cl)C1=O. The smallest absolute Gasteiger partial charge is 0.239 e. The average Bonchev–Trinajstić information content (AvgIpc) is 2.48. The molecule has 1 aromatic rings. The minimum atomic E-state index is -0.110. The molecule has 18 heavy (non-hydrogen) atoms. The van der Waals surface area contributed by atoms with Crippen molar-refractivity contribution in [2.45, 2.75) is 25.9 Å².